The number of nitrogens with zero attached hydrogens (tertiary/aromatic N) is 1. The largest absolute Gasteiger partial charge is 0.497 e. The normalized spacial score (nSPS) is 15.5. The highest BCUT2D eigenvalue weighted by molar-refractivity contribution is 7.91. The molecule has 0 aromatic heterocycles. The summed E-state index contributed by atoms with van der Waals surface area (Å²) >= 11 is 0. The zero-order chi connectivity index (χ0) is 15.3. The molecule has 0 radical (unpaired) electrons. The lowest BCUT2D eigenvalue weighted by Gasteiger charge is -2.11. The van der Waals surface area contributed by atoms with Gasteiger partial charge >= 0.3 is 0 Å². The van der Waals surface area contributed by atoms with Crippen molar-refractivity contribution in [1.82, 2.24) is 0 Å². The Balaban J connectivity index is 3.05. The lowest BCUT2D eigenvalue weighted by Crippen LogP contribution is -2.32. The van der Waals surface area contributed by atoms with Crippen LogP contribution >= 0.6 is 0 Å². The van der Waals surface area contributed by atoms with Crippen LogP contribution in [0.25, 0.3) is 0 Å². The highest BCUT2D eigenvalue weighted by Gasteiger charge is 2.18. The van der Waals surface area contributed by atoms with Crippen molar-refractivity contribution < 1.29 is 13.7 Å². The third-order valence-corrected chi connectivity index (χ3v) is 4.03. The summed E-state index contributed by atoms with van der Waals surface area (Å²) in [7, 11) is -1.82. The second-order valence-electron chi connectivity index (χ2n) is 4.91. The van der Waals surface area contributed by atoms with Gasteiger partial charge in [-0.1, -0.05) is 19.9 Å². The smallest absolute Gasteiger partial charge is 0.271 e. The van der Waals surface area contributed by atoms with Crippen LogP contribution < -0.4 is 15.6 Å². The highest BCUT2D eigenvalue weighted by Crippen LogP contribution is 2.17. The number of benzene rings is 1. The molecule has 0 heterocycles. The van der Waals surface area contributed by atoms with Gasteiger partial charge in [0.05, 0.1) is 18.0 Å². The number of carbonyl (C=O) groups is 1. The van der Waals surface area contributed by atoms with Crippen LogP contribution in [0, 0.1) is 5.92 Å². The van der Waals surface area contributed by atoms with E-state index in [0.29, 0.717) is 12.2 Å². The van der Waals surface area contributed by atoms with Crippen LogP contribution in [0.2, 0.25) is 0 Å². The van der Waals surface area contributed by atoms with Gasteiger partial charge in [0.25, 0.3) is 5.91 Å². The predicted octanol–water partition coefficient (Wildman–Crippen LogP) is 1.30. The summed E-state index contributed by atoms with van der Waals surface area (Å²) in [5.41, 5.74) is 5.71. The number of ether oxygens (including phenoxy) is 1. The van der Waals surface area contributed by atoms with Crippen LogP contribution in [0.3, 0.4) is 0 Å². The molecule has 4 N–H and O–H groups in total. The molecular formula is C13H21N3O3S. The Hall–Kier alpha value is -1.44. The second-order valence-corrected chi connectivity index (χ2v) is 6.70. The van der Waals surface area contributed by atoms with Gasteiger partial charge < -0.3 is 10.5 Å². The number of hydrogen-bond donors (Lipinski definition) is 2. The van der Waals surface area contributed by atoms with Crippen molar-refractivity contribution in [2.45, 2.75) is 31.2 Å². The van der Waals surface area contributed by atoms with Gasteiger partial charge in [-0.05, 0) is 30.5 Å². The van der Waals surface area contributed by atoms with E-state index in [-0.39, 0.29) is 10.8 Å². The molecule has 1 rings (SSSR count). The van der Waals surface area contributed by atoms with Crippen LogP contribution in [0.1, 0.15) is 20.3 Å². The Bertz CT molecular complexity index is 592. The standard InChI is InChI=1S/C13H21N3O3S/c1-9(2)7-12(14)13(17)16-20(15,18)11-6-4-5-10(8-11)19-3/h4-6,8-9,12H,7,14H2,1-3H3,(H2,15,16,17,18)/t12-,20?/m0/s1. The first-order chi connectivity index (χ1) is 9.26. The van der Waals surface area contributed by atoms with Crippen molar-refractivity contribution in [3.05, 3.63) is 24.3 Å². The van der Waals surface area contributed by atoms with E-state index in [2.05, 4.69) is 4.36 Å². The fraction of sp³-hybridized carbons (Fsp3) is 0.462. The Morgan fingerprint density at radius 1 is 1.45 bits per heavy atom. The van der Waals surface area contributed by atoms with Crippen LogP contribution in [-0.2, 0) is 14.7 Å². The van der Waals surface area contributed by atoms with Gasteiger partial charge in [-0.3, -0.25) is 4.79 Å². The van der Waals surface area contributed by atoms with Crippen molar-refractivity contribution in [1.29, 1.82) is 0 Å². The molecule has 0 bridgehead atoms. The maximum absolute atomic E-state index is 12.3. The van der Waals surface area contributed by atoms with Crippen LogP contribution in [0.4, 0.5) is 0 Å². The average molecular weight is 299 g/mol. The summed E-state index contributed by atoms with van der Waals surface area (Å²) in [6.45, 7) is 3.88. The summed E-state index contributed by atoms with van der Waals surface area (Å²) in [4.78, 5) is 12.1. The topological polar surface area (TPSA) is 108 Å². The van der Waals surface area contributed by atoms with Gasteiger partial charge in [-0.2, -0.15) is 0 Å². The molecule has 0 aliphatic carbocycles. The van der Waals surface area contributed by atoms with Crippen LogP contribution in [-0.4, -0.2) is 23.3 Å². The van der Waals surface area contributed by atoms with Crippen LogP contribution in [0.15, 0.2) is 33.5 Å². The summed E-state index contributed by atoms with van der Waals surface area (Å²) in [6.07, 6.45) is 0.468. The zero-order valence-corrected chi connectivity index (χ0v) is 12.7. The fourth-order valence-electron chi connectivity index (χ4n) is 1.65. The van der Waals surface area contributed by atoms with Gasteiger partial charge in [0.15, 0.2) is 0 Å². The zero-order valence-electron chi connectivity index (χ0n) is 11.9. The first kappa shape index (κ1) is 16.6. The molecule has 0 aliphatic rings. The van der Waals surface area contributed by atoms with E-state index in [0.717, 1.165) is 0 Å². The Labute approximate surface area is 119 Å². The Kier molecular flexibility index (Phi) is 5.67. The number of amides is 1. The van der Waals surface area contributed by atoms with E-state index in [1.807, 2.05) is 13.8 Å². The van der Waals surface area contributed by atoms with E-state index >= 15 is 0 Å². The Morgan fingerprint density at radius 2 is 2.10 bits per heavy atom. The van der Waals surface area contributed by atoms with Crippen molar-refractivity contribution in [2.75, 3.05) is 7.11 Å². The van der Waals surface area contributed by atoms with Gasteiger partial charge in [-0.15, -0.1) is 4.36 Å². The molecule has 0 saturated heterocycles. The van der Waals surface area contributed by atoms with E-state index < -0.39 is 21.9 Å². The molecule has 0 saturated carbocycles. The van der Waals surface area contributed by atoms with Crippen molar-refractivity contribution >= 4 is 15.8 Å². The molecular weight excluding hydrogens is 278 g/mol. The third-order valence-electron chi connectivity index (χ3n) is 2.65. The number of nitrogens with two attached hydrogens (primary N) is 2. The van der Waals surface area contributed by atoms with Gasteiger partial charge in [0.2, 0.25) is 0 Å². The van der Waals surface area contributed by atoms with Crippen molar-refractivity contribution in [3.63, 3.8) is 0 Å². The fourth-order valence-corrected chi connectivity index (χ4v) is 2.71. The second kappa shape index (κ2) is 6.83. The van der Waals surface area contributed by atoms with Gasteiger partial charge in [0, 0.05) is 0 Å². The SMILES string of the molecule is COc1cccc(S(N)(=O)=NC(=O)[C@@H](N)CC(C)C)c1. The molecule has 1 unspecified atom stereocenters. The van der Waals surface area contributed by atoms with Gasteiger partial charge in [-0.25, -0.2) is 9.35 Å². The summed E-state index contributed by atoms with van der Waals surface area (Å²) < 4.78 is 21.0. The monoisotopic (exact) mass is 299 g/mol. The van der Waals surface area contributed by atoms with Gasteiger partial charge in [0.1, 0.15) is 15.7 Å². The first-order valence-corrected chi connectivity index (χ1v) is 7.82. The summed E-state index contributed by atoms with van der Waals surface area (Å²) in [5.74, 6) is 0.0959. The summed E-state index contributed by atoms with van der Waals surface area (Å²) in [6, 6.07) is 5.56. The molecule has 0 spiro atoms. The molecule has 7 heteroatoms. The summed E-state index contributed by atoms with van der Waals surface area (Å²) in [5, 5.41) is 5.66. The number of rotatable bonds is 5. The number of carbonyl (C=O) groups excluding carboxylic acids is 1. The molecule has 0 fully saturated rings. The molecule has 20 heavy (non-hydrogen) atoms. The predicted molar refractivity (Wildman–Crippen MR) is 78.5 cm³/mol. The molecule has 6 nitrogen and oxygen atoms in total. The molecule has 1 aromatic carbocycles. The quantitative estimate of drug-likeness (QED) is 0.854. The van der Waals surface area contributed by atoms with E-state index in [9.17, 15) is 9.00 Å². The number of methoxy groups -OCH3 is 1. The maximum Gasteiger partial charge on any atom is 0.271 e. The van der Waals surface area contributed by atoms with Crippen molar-refractivity contribution in [2.24, 2.45) is 21.2 Å². The Morgan fingerprint density at radius 3 is 2.65 bits per heavy atom. The minimum absolute atomic E-state index is 0.238. The third kappa shape index (κ3) is 4.59. The lowest BCUT2D eigenvalue weighted by molar-refractivity contribution is -0.119. The molecule has 2 atom stereocenters. The van der Waals surface area contributed by atoms with E-state index in [1.165, 1.54) is 19.2 Å². The minimum Gasteiger partial charge on any atom is -0.497 e. The van der Waals surface area contributed by atoms with Crippen LogP contribution in [0.5, 0.6) is 5.75 Å². The molecule has 1 amide bonds. The highest BCUT2D eigenvalue weighted by atomic mass is 32.2. The van der Waals surface area contributed by atoms with Crippen molar-refractivity contribution in [3.8, 4) is 5.75 Å². The molecule has 1 aromatic rings. The average Bonchev–Trinajstić information content (AvgIpc) is 2.37. The minimum atomic E-state index is -3.31. The molecule has 0 aliphatic heterocycles. The lowest BCUT2D eigenvalue weighted by atomic mass is 10.0. The molecule has 112 valence electrons. The maximum atomic E-state index is 12.3. The first-order valence-electron chi connectivity index (χ1n) is 6.24. The number of hydrogen-bond acceptors (Lipinski definition) is 4. The van der Waals surface area contributed by atoms with E-state index in [4.69, 9.17) is 15.6 Å². The van der Waals surface area contributed by atoms with E-state index in [1.54, 1.807) is 12.1 Å².